The van der Waals surface area contributed by atoms with Crippen LogP contribution >= 0.6 is 0 Å². The van der Waals surface area contributed by atoms with Crippen LogP contribution in [0.25, 0.3) is 22.2 Å². The molecule has 5 rings (SSSR count). The number of amides is 1. The lowest BCUT2D eigenvalue weighted by Crippen LogP contribution is -2.18. The third-order valence-corrected chi connectivity index (χ3v) is 5.42. The molecule has 0 aliphatic carbocycles. The molecular formula is C26H22N6O2. The van der Waals surface area contributed by atoms with Gasteiger partial charge in [0.1, 0.15) is 17.2 Å². The Bertz CT molecular complexity index is 1460. The quantitative estimate of drug-likeness (QED) is 0.381. The summed E-state index contributed by atoms with van der Waals surface area (Å²) in [5, 5.41) is 5.94. The third-order valence-electron chi connectivity index (χ3n) is 5.42. The third kappa shape index (κ3) is 4.29. The Kier molecular flexibility index (Phi) is 5.61. The molecule has 5 aromatic rings. The van der Waals surface area contributed by atoms with Crippen LogP contribution in [0.2, 0.25) is 0 Å². The first-order valence-electron chi connectivity index (χ1n) is 10.7. The molecule has 0 spiro atoms. The molecule has 2 aromatic carbocycles. The molecule has 0 aliphatic rings. The minimum atomic E-state index is -0.269. The van der Waals surface area contributed by atoms with Crippen LogP contribution in [0.4, 0.5) is 11.6 Å². The highest BCUT2D eigenvalue weighted by Crippen LogP contribution is 2.29. The fourth-order valence-electron chi connectivity index (χ4n) is 3.63. The number of ether oxygens (including phenoxy) is 1. The first-order valence-corrected chi connectivity index (χ1v) is 10.7. The summed E-state index contributed by atoms with van der Waals surface area (Å²) in [5.41, 5.74) is 5.14. The molecule has 8 nitrogen and oxygen atoms in total. The van der Waals surface area contributed by atoms with Gasteiger partial charge in [0.05, 0.1) is 11.0 Å². The second-order valence-electron chi connectivity index (χ2n) is 7.65. The number of aromatic nitrogens is 4. The van der Waals surface area contributed by atoms with Crippen LogP contribution < -0.4 is 15.4 Å². The minimum absolute atomic E-state index is 0.269. The van der Waals surface area contributed by atoms with Crippen LogP contribution in [0.15, 0.2) is 85.3 Å². The van der Waals surface area contributed by atoms with Crippen molar-refractivity contribution in [1.29, 1.82) is 0 Å². The summed E-state index contributed by atoms with van der Waals surface area (Å²) >= 11 is 0. The standard InChI is InChI=1S/C26H22N6O2/c1-27-25(33)23-15-21(11-13-29-23)34-20-9-10-24-22(14-20)31-26(32(24)2)30-19-7-5-17(6-8-19)18-4-3-12-28-16-18/h3-16H,1-2H3,(H,27,33)(H,30,31). The van der Waals surface area contributed by atoms with Crippen LogP contribution in [-0.4, -0.2) is 32.5 Å². The second kappa shape index (κ2) is 9.03. The van der Waals surface area contributed by atoms with E-state index < -0.39 is 0 Å². The van der Waals surface area contributed by atoms with Crippen LogP contribution in [-0.2, 0) is 7.05 Å². The van der Waals surface area contributed by atoms with Gasteiger partial charge in [-0.25, -0.2) is 4.98 Å². The zero-order chi connectivity index (χ0) is 23.5. The number of imidazole rings is 1. The molecule has 0 atom stereocenters. The summed E-state index contributed by atoms with van der Waals surface area (Å²) in [6.07, 6.45) is 5.15. The molecule has 3 heterocycles. The number of hydrogen-bond acceptors (Lipinski definition) is 6. The number of anilines is 2. The Balaban J connectivity index is 1.36. The number of aryl methyl sites for hydroxylation is 1. The van der Waals surface area contributed by atoms with E-state index in [-0.39, 0.29) is 5.91 Å². The van der Waals surface area contributed by atoms with Crippen molar-refractivity contribution in [2.45, 2.75) is 0 Å². The lowest BCUT2D eigenvalue weighted by molar-refractivity contribution is 0.0958. The highest BCUT2D eigenvalue weighted by atomic mass is 16.5. The van der Waals surface area contributed by atoms with Gasteiger partial charge in [-0.2, -0.15) is 0 Å². The largest absolute Gasteiger partial charge is 0.457 e. The van der Waals surface area contributed by atoms with Crippen LogP contribution in [0.3, 0.4) is 0 Å². The van der Waals surface area contributed by atoms with Gasteiger partial charge in [-0.3, -0.25) is 14.8 Å². The Hall–Kier alpha value is -4.72. The summed E-state index contributed by atoms with van der Waals surface area (Å²) in [5.74, 6) is 1.59. The molecule has 0 unspecified atom stereocenters. The Morgan fingerprint density at radius 3 is 2.53 bits per heavy atom. The average Bonchev–Trinajstić information content (AvgIpc) is 3.19. The summed E-state index contributed by atoms with van der Waals surface area (Å²) in [6, 6.07) is 21.1. The molecule has 3 aromatic heterocycles. The number of carbonyl (C=O) groups excluding carboxylic acids is 1. The molecule has 1 amide bonds. The lowest BCUT2D eigenvalue weighted by atomic mass is 10.1. The molecule has 0 bridgehead atoms. The SMILES string of the molecule is CNC(=O)c1cc(Oc2ccc3c(c2)nc(Nc2ccc(-c4cccnc4)cc2)n3C)ccn1. The number of benzene rings is 2. The van der Waals surface area contributed by atoms with Gasteiger partial charge in [-0.15, -0.1) is 0 Å². The maximum atomic E-state index is 11.8. The van der Waals surface area contributed by atoms with Crippen molar-refractivity contribution < 1.29 is 9.53 Å². The molecule has 0 aliphatic heterocycles. The molecule has 0 fully saturated rings. The fraction of sp³-hybridized carbons (Fsp3) is 0.0769. The van der Waals surface area contributed by atoms with Gasteiger partial charge >= 0.3 is 0 Å². The van der Waals surface area contributed by atoms with Crippen LogP contribution in [0.1, 0.15) is 10.5 Å². The lowest BCUT2D eigenvalue weighted by Gasteiger charge is -2.08. The molecule has 168 valence electrons. The first kappa shape index (κ1) is 21.1. The van der Waals surface area contributed by atoms with Crippen molar-refractivity contribution in [3.05, 3.63) is 91.0 Å². The number of hydrogen-bond donors (Lipinski definition) is 2. The Morgan fingerprint density at radius 2 is 1.76 bits per heavy atom. The maximum Gasteiger partial charge on any atom is 0.269 e. The Morgan fingerprint density at radius 1 is 0.941 bits per heavy atom. The number of nitrogens with one attached hydrogen (secondary N) is 2. The predicted molar refractivity (Wildman–Crippen MR) is 131 cm³/mol. The van der Waals surface area contributed by atoms with Crippen molar-refractivity contribution in [3.8, 4) is 22.6 Å². The summed E-state index contributed by atoms with van der Waals surface area (Å²) in [6.45, 7) is 0. The topological polar surface area (TPSA) is 94.0 Å². The molecule has 0 saturated carbocycles. The van der Waals surface area contributed by atoms with Crippen molar-refractivity contribution in [2.24, 2.45) is 7.05 Å². The number of fused-ring (bicyclic) bond motifs is 1. The number of nitrogens with zero attached hydrogens (tertiary/aromatic N) is 4. The van der Waals surface area contributed by atoms with E-state index in [1.165, 1.54) is 0 Å². The van der Waals surface area contributed by atoms with Gasteiger partial charge in [0.15, 0.2) is 0 Å². The van der Waals surface area contributed by atoms with Gasteiger partial charge in [-0.05, 0) is 47.5 Å². The number of rotatable bonds is 6. The zero-order valence-electron chi connectivity index (χ0n) is 18.7. The second-order valence-corrected chi connectivity index (χ2v) is 7.65. The zero-order valence-corrected chi connectivity index (χ0v) is 18.7. The molecule has 34 heavy (non-hydrogen) atoms. The van der Waals surface area contributed by atoms with Gasteiger partial charge < -0.3 is 19.9 Å². The molecular weight excluding hydrogens is 428 g/mol. The summed E-state index contributed by atoms with van der Waals surface area (Å²) in [7, 11) is 3.52. The van der Waals surface area contributed by atoms with E-state index in [4.69, 9.17) is 9.72 Å². The van der Waals surface area contributed by atoms with Gasteiger partial charge in [0, 0.05) is 50.5 Å². The number of pyridine rings is 2. The van der Waals surface area contributed by atoms with Crippen molar-refractivity contribution in [3.63, 3.8) is 0 Å². The van der Waals surface area contributed by atoms with E-state index in [9.17, 15) is 4.79 Å². The van der Waals surface area contributed by atoms with Crippen LogP contribution in [0, 0.1) is 0 Å². The van der Waals surface area contributed by atoms with Gasteiger partial charge in [-0.1, -0.05) is 18.2 Å². The van der Waals surface area contributed by atoms with Crippen molar-refractivity contribution in [1.82, 2.24) is 24.8 Å². The predicted octanol–water partition coefficient (Wildman–Crippen LogP) is 4.93. The minimum Gasteiger partial charge on any atom is -0.457 e. The van der Waals surface area contributed by atoms with Crippen LogP contribution in [0.5, 0.6) is 11.5 Å². The van der Waals surface area contributed by atoms with Gasteiger partial charge in [0.2, 0.25) is 5.95 Å². The van der Waals surface area contributed by atoms with Crippen molar-refractivity contribution >= 4 is 28.6 Å². The first-order chi connectivity index (χ1) is 16.6. The molecule has 2 N–H and O–H groups in total. The van der Waals surface area contributed by atoms with E-state index in [1.54, 1.807) is 31.6 Å². The monoisotopic (exact) mass is 450 g/mol. The van der Waals surface area contributed by atoms with Gasteiger partial charge in [0.25, 0.3) is 5.91 Å². The Labute approximate surface area is 196 Å². The smallest absolute Gasteiger partial charge is 0.269 e. The highest BCUT2D eigenvalue weighted by molar-refractivity contribution is 5.92. The summed E-state index contributed by atoms with van der Waals surface area (Å²) < 4.78 is 7.94. The molecule has 0 saturated heterocycles. The normalized spacial score (nSPS) is 10.8. The highest BCUT2D eigenvalue weighted by Gasteiger charge is 2.11. The molecule has 0 radical (unpaired) electrons. The summed E-state index contributed by atoms with van der Waals surface area (Å²) in [4.78, 5) is 24.8. The van der Waals surface area contributed by atoms with Crippen molar-refractivity contribution in [2.75, 3.05) is 12.4 Å². The van der Waals surface area contributed by atoms with E-state index in [1.807, 2.05) is 60.3 Å². The van der Waals surface area contributed by atoms with E-state index >= 15 is 0 Å². The maximum absolute atomic E-state index is 11.8. The van der Waals surface area contributed by atoms with E-state index in [0.29, 0.717) is 23.1 Å². The molecule has 8 heteroatoms. The number of carbonyl (C=O) groups is 1. The van der Waals surface area contributed by atoms with E-state index in [0.717, 1.165) is 27.8 Å². The average molecular weight is 451 g/mol. The fourth-order valence-corrected chi connectivity index (χ4v) is 3.63. The van der Waals surface area contributed by atoms with E-state index in [2.05, 4.69) is 32.7 Å².